The maximum atomic E-state index is 5.23. The van der Waals surface area contributed by atoms with Gasteiger partial charge in [-0.2, -0.15) is 0 Å². The van der Waals surface area contributed by atoms with E-state index in [1.165, 1.54) is 27.8 Å². The summed E-state index contributed by atoms with van der Waals surface area (Å²) in [7, 11) is 0. The standard InChI is InChI=1S/C59H41N3/c1-4-16-40(17-5-1)56-39-57-45-22-12-18-41(34-45)43-20-14-28-49(36-43)62(50-29-15-21-44(37-50)42-19-13-23-46(35-42)58(60-56)61-57)51-32-33-53-52-30-10-11-31-54(52)59(55(53)38-51,47-24-6-2-7-25-47)48-26-8-3-9-27-48/h1-26,28-39,48H,27H2. The monoisotopic (exact) mass is 791 g/mol. The smallest absolute Gasteiger partial charge is 0.160 e. The molecular formula is C59H41N3. The Labute approximate surface area is 362 Å². The molecule has 8 aromatic carbocycles. The molecule has 2 atom stereocenters. The molecule has 0 spiro atoms. The Kier molecular flexibility index (Phi) is 8.53. The first-order valence-corrected chi connectivity index (χ1v) is 21.5. The van der Waals surface area contributed by atoms with Crippen LogP contribution in [0.1, 0.15) is 23.1 Å². The van der Waals surface area contributed by atoms with E-state index >= 15 is 0 Å². The predicted molar refractivity (Wildman–Crippen MR) is 256 cm³/mol. The van der Waals surface area contributed by atoms with Crippen LogP contribution in [0.5, 0.6) is 0 Å². The molecule has 0 saturated heterocycles. The maximum absolute atomic E-state index is 5.23. The van der Waals surface area contributed by atoms with E-state index in [2.05, 4.69) is 229 Å². The summed E-state index contributed by atoms with van der Waals surface area (Å²) in [5, 5.41) is 0. The van der Waals surface area contributed by atoms with Gasteiger partial charge in [0.1, 0.15) is 0 Å². The van der Waals surface area contributed by atoms with E-state index < -0.39 is 0 Å². The molecule has 2 heterocycles. The lowest BCUT2D eigenvalue weighted by atomic mass is 9.62. The number of fused-ring (bicyclic) bond motifs is 17. The molecule has 1 aromatic heterocycles. The summed E-state index contributed by atoms with van der Waals surface area (Å²) in [5.41, 5.74) is 18.8. The number of rotatable bonds is 4. The number of hydrogen-bond donors (Lipinski definition) is 0. The Morgan fingerprint density at radius 3 is 1.66 bits per heavy atom. The van der Waals surface area contributed by atoms with Gasteiger partial charge in [0.2, 0.25) is 0 Å². The zero-order chi connectivity index (χ0) is 41.0. The van der Waals surface area contributed by atoms with Crippen LogP contribution in [-0.2, 0) is 5.41 Å². The lowest BCUT2D eigenvalue weighted by Crippen LogP contribution is -2.35. The molecule has 62 heavy (non-hydrogen) atoms. The SMILES string of the molecule is C1=CCC(C2(c3ccccc3)c3ccccc3-c3ccc(N4c5cccc(c5)-c5cccc(c5)-c5cc(-c6ccccc6)nc(n5)-c5cccc(c5)-c5cccc4c5)cc32)C=C1. The van der Waals surface area contributed by atoms with Crippen LogP contribution in [0.25, 0.3) is 67.3 Å². The summed E-state index contributed by atoms with van der Waals surface area (Å²) in [6.45, 7) is 0. The highest BCUT2D eigenvalue weighted by atomic mass is 15.1. The zero-order valence-corrected chi connectivity index (χ0v) is 34.1. The van der Waals surface area contributed by atoms with Crippen LogP contribution in [0, 0.1) is 5.92 Å². The summed E-state index contributed by atoms with van der Waals surface area (Å²) in [5.74, 6) is 0.933. The molecule has 2 unspecified atom stereocenters. The quantitative estimate of drug-likeness (QED) is 0.178. The largest absolute Gasteiger partial charge is 0.310 e. The first-order valence-electron chi connectivity index (χ1n) is 21.5. The molecule has 0 radical (unpaired) electrons. The number of allylic oxidation sites excluding steroid dienone is 4. The van der Waals surface area contributed by atoms with Crippen molar-refractivity contribution in [2.75, 3.05) is 4.90 Å². The van der Waals surface area contributed by atoms with Gasteiger partial charge in [-0.1, -0.05) is 176 Å². The van der Waals surface area contributed by atoms with Crippen molar-refractivity contribution in [2.24, 2.45) is 5.92 Å². The topological polar surface area (TPSA) is 29.0 Å². The molecule has 1 aliphatic heterocycles. The van der Waals surface area contributed by atoms with E-state index in [1.54, 1.807) is 0 Å². The third-order valence-electron chi connectivity index (χ3n) is 13.0. The van der Waals surface area contributed by atoms with Gasteiger partial charge in [-0.05, 0) is 117 Å². The summed E-state index contributed by atoms with van der Waals surface area (Å²) >= 11 is 0. The molecule has 0 N–H and O–H groups in total. The zero-order valence-electron chi connectivity index (χ0n) is 34.1. The average Bonchev–Trinajstić information content (AvgIpc) is 3.65. The molecule has 0 saturated carbocycles. The predicted octanol–water partition coefficient (Wildman–Crippen LogP) is 15.0. The highest BCUT2D eigenvalue weighted by molar-refractivity contribution is 5.90. The van der Waals surface area contributed by atoms with Crippen LogP contribution in [0.3, 0.4) is 0 Å². The highest BCUT2D eigenvalue weighted by Gasteiger charge is 2.49. The molecule has 0 amide bonds. The van der Waals surface area contributed by atoms with Gasteiger partial charge in [0.15, 0.2) is 5.82 Å². The van der Waals surface area contributed by atoms with Crippen molar-refractivity contribution >= 4 is 17.1 Å². The number of nitrogens with zero attached hydrogens (tertiary/aromatic N) is 3. The van der Waals surface area contributed by atoms with Gasteiger partial charge in [-0.15, -0.1) is 0 Å². The van der Waals surface area contributed by atoms with E-state index in [4.69, 9.17) is 9.97 Å². The van der Waals surface area contributed by atoms with Crippen LogP contribution >= 0.6 is 0 Å². The number of anilines is 3. The van der Waals surface area contributed by atoms with Crippen molar-refractivity contribution in [2.45, 2.75) is 11.8 Å². The van der Waals surface area contributed by atoms with E-state index in [0.717, 1.165) is 73.8 Å². The fourth-order valence-corrected chi connectivity index (χ4v) is 10.2. The fourth-order valence-electron chi connectivity index (χ4n) is 10.2. The van der Waals surface area contributed by atoms with Crippen LogP contribution in [0.2, 0.25) is 0 Å². The van der Waals surface area contributed by atoms with Crippen LogP contribution in [0.4, 0.5) is 17.1 Å². The molecule has 3 aliphatic rings. The van der Waals surface area contributed by atoms with Crippen LogP contribution < -0.4 is 4.90 Å². The van der Waals surface area contributed by atoms with Gasteiger partial charge in [-0.3, -0.25) is 0 Å². The first-order chi connectivity index (χ1) is 30.7. The summed E-state index contributed by atoms with van der Waals surface area (Å²) in [4.78, 5) is 12.9. The molecule has 3 nitrogen and oxygen atoms in total. The normalized spacial score (nSPS) is 16.7. The van der Waals surface area contributed by atoms with E-state index in [1.807, 2.05) is 6.07 Å². The fraction of sp³-hybridized carbons (Fsp3) is 0.0508. The van der Waals surface area contributed by atoms with E-state index in [0.29, 0.717) is 5.82 Å². The maximum Gasteiger partial charge on any atom is 0.160 e. The van der Waals surface area contributed by atoms with Crippen LogP contribution in [0.15, 0.2) is 231 Å². The minimum absolute atomic E-state index is 0.234. The van der Waals surface area contributed by atoms with Gasteiger partial charge >= 0.3 is 0 Å². The first kappa shape index (κ1) is 36.0. The van der Waals surface area contributed by atoms with Gasteiger partial charge < -0.3 is 4.90 Å². The third kappa shape index (κ3) is 5.89. The number of hydrogen-bond acceptors (Lipinski definition) is 3. The minimum atomic E-state index is -0.382. The van der Waals surface area contributed by atoms with Gasteiger partial charge in [0.05, 0.1) is 16.8 Å². The number of aromatic nitrogens is 2. The molecule has 3 heteroatoms. The Hall–Kier alpha value is -7.88. The van der Waals surface area contributed by atoms with Crippen molar-refractivity contribution < 1.29 is 0 Å². The second-order valence-corrected chi connectivity index (χ2v) is 16.5. The van der Waals surface area contributed by atoms with Gasteiger partial charge in [0.25, 0.3) is 0 Å². The van der Waals surface area contributed by atoms with Crippen molar-refractivity contribution in [3.8, 4) is 67.3 Å². The summed E-state index contributed by atoms with van der Waals surface area (Å²) in [6, 6.07) is 75.3. The minimum Gasteiger partial charge on any atom is -0.310 e. The van der Waals surface area contributed by atoms with Crippen molar-refractivity contribution in [1.82, 2.24) is 9.97 Å². The third-order valence-corrected chi connectivity index (χ3v) is 13.0. The highest BCUT2D eigenvalue weighted by Crippen LogP contribution is 2.59. The lowest BCUT2D eigenvalue weighted by Gasteiger charge is -2.40. The second kappa shape index (κ2) is 14.7. The van der Waals surface area contributed by atoms with Crippen molar-refractivity contribution in [1.29, 1.82) is 0 Å². The van der Waals surface area contributed by atoms with Crippen LogP contribution in [-0.4, -0.2) is 9.97 Å². The molecule has 10 bridgehead atoms. The van der Waals surface area contributed by atoms with Crippen molar-refractivity contribution in [3.05, 3.63) is 247 Å². The Bertz CT molecular complexity index is 3130. The summed E-state index contributed by atoms with van der Waals surface area (Å²) < 4.78 is 0. The van der Waals surface area contributed by atoms with E-state index in [9.17, 15) is 0 Å². The molecule has 292 valence electrons. The van der Waals surface area contributed by atoms with E-state index in [-0.39, 0.29) is 11.3 Å². The van der Waals surface area contributed by atoms with Gasteiger partial charge in [-0.25, -0.2) is 9.97 Å². The molecule has 0 fully saturated rings. The lowest BCUT2D eigenvalue weighted by molar-refractivity contribution is 0.457. The Balaban J connectivity index is 1.09. The Morgan fingerprint density at radius 1 is 0.403 bits per heavy atom. The molecule has 2 aliphatic carbocycles. The van der Waals surface area contributed by atoms with Gasteiger partial charge in [0, 0.05) is 33.8 Å². The number of benzene rings is 8. The molecular weight excluding hydrogens is 751 g/mol. The molecule has 9 aromatic rings. The second-order valence-electron chi connectivity index (χ2n) is 16.5. The van der Waals surface area contributed by atoms with Crippen molar-refractivity contribution in [3.63, 3.8) is 0 Å². The molecule has 12 rings (SSSR count). The average molecular weight is 792 g/mol. The summed E-state index contributed by atoms with van der Waals surface area (Å²) in [6.07, 6.45) is 10.1. The Morgan fingerprint density at radius 2 is 0.952 bits per heavy atom.